The summed E-state index contributed by atoms with van der Waals surface area (Å²) in [6.45, 7) is 8.79. The molecule has 0 saturated carbocycles. The number of sulfone groups is 1. The van der Waals surface area contributed by atoms with Gasteiger partial charge in [0.1, 0.15) is 5.82 Å². The van der Waals surface area contributed by atoms with Gasteiger partial charge in [-0.1, -0.05) is 11.8 Å². The van der Waals surface area contributed by atoms with Gasteiger partial charge in [0.25, 0.3) is 0 Å². The Hall–Kier alpha value is -1.13. The number of likely N-dealkylation sites (N-methyl/N-ethyl adjacent to an activating group) is 1. The van der Waals surface area contributed by atoms with Crippen molar-refractivity contribution in [3.05, 3.63) is 5.82 Å². The van der Waals surface area contributed by atoms with Crippen LogP contribution in [0.3, 0.4) is 0 Å². The number of hydrogen-bond donors (Lipinski definition) is 1. The van der Waals surface area contributed by atoms with Crippen molar-refractivity contribution in [2.24, 2.45) is 7.05 Å². The van der Waals surface area contributed by atoms with Gasteiger partial charge in [-0.2, -0.15) is 0 Å². The van der Waals surface area contributed by atoms with Gasteiger partial charge < -0.3 is 14.4 Å². The second-order valence-corrected chi connectivity index (χ2v) is 10.7. The molecule has 0 spiro atoms. The standard InChI is InChI=1S/C16H27N5O3S2/c1-4-20-6-8-21(9-7-20)15(22)12(2)25-16-18-17-14(19(16)3)13-5-10-26(23,24)11-13/h12-13H,4-11H2,1-3H3/p+1/t12-,13-/m1/s1. The quantitative estimate of drug-likeness (QED) is 0.632. The number of carbonyl (C=O) groups excluding carboxylic acids is 1. The summed E-state index contributed by atoms with van der Waals surface area (Å²) in [5.74, 6) is 1.10. The van der Waals surface area contributed by atoms with Crippen LogP contribution in [0.25, 0.3) is 0 Å². The molecule has 0 aliphatic carbocycles. The third kappa shape index (κ3) is 4.23. The second-order valence-electron chi connectivity index (χ2n) is 7.19. The molecule has 2 fully saturated rings. The molecule has 1 N–H and O–H groups in total. The van der Waals surface area contributed by atoms with Gasteiger partial charge in [0, 0.05) is 13.0 Å². The summed E-state index contributed by atoms with van der Waals surface area (Å²) in [7, 11) is -1.11. The van der Waals surface area contributed by atoms with Crippen molar-refractivity contribution in [1.82, 2.24) is 19.7 Å². The molecule has 1 aromatic rings. The average Bonchev–Trinajstić information content (AvgIpc) is 3.16. The second kappa shape index (κ2) is 7.85. The van der Waals surface area contributed by atoms with E-state index >= 15 is 0 Å². The largest absolute Gasteiger partial charge is 0.332 e. The number of nitrogens with zero attached hydrogens (tertiary/aromatic N) is 4. The van der Waals surface area contributed by atoms with Gasteiger partial charge in [-0.25, -0.2) is 8.42 Å². The molecule has 0 bridgehead atoms. The third-order valence-corrected chi connectivity index (χ3v) is 8.27. The van der Waals surface area contributed by atoms with E-state index in [1.807, 2.05) is 23.4 Å². The van der Waals surface area contributed by atoms with E-state index in [0.29, 0.717) is 17.4 Å². The Morgan fingerprint density at radius 2 is 2.04 bits per heavy atom. The fraction of sp³-hybridized carbons (Fsp3) is 0.812. The molecule has 2 aliphatic heterocycles. The smallest absolute Gasteiger partial charge is 0.236 e. The third-order valence-electron chi connectivity index (χ3n) is 5.38. The number of thioether (sulfide) groups is 1. The Morgan fingerprint density at radius 1 is 1.35 bits per heavy atom. The van der Waals surface area contributed by atoms with Gasteiger partial charge >= 0.3 is 0 Å². The highest BCUT2D eigenvalue weighted by molar-refractivity contribution is 8.00. The Balaban J connectivity index is 1.61. The molecule has 0 unspecified atom stereocenters. The van der Waals surface area contributed by atoms with Crippen LogP contribution >= 0.6 is 11.8 Å². The zero-order chi connectivity index (χ0) is 18.9. The molecule has 3 heterocycles. The molecule has 2 aliphatic rings. The van der Waals surface area contributed by atoms with Crippen molar-refractivity contribution in [3.63, 3.8) is 0 Å². The summed E-state index contributed by atoms with van der Waals surface area (Å²) in [5, 5.41) is 8.85. The first kappa shape index (κ1) is 19.6. The first-order chi connectivity index (χ1) is 12.3. The molecule has 1 amide bonds. The summed E-state index contributed by atoms with van der Waals surface area (Å²) in [6, 6.07) is 0. The fourth-order valence-electron chi connectivity index (χ4n) is 3.65. The zero-order valence-electron chi connectivity index (χ0n) is 15.6. The summed E-state index contributed by atoms with van der Waals surface area (Å²) in [4.78, 5) is 16.2. The topological polar surface area (TPSA) is 89.6 Å². The number of piperazine rings is 1. The van der Waals surface area contributed by atoms with Crippen LogP contribution in [-0.2, 0) is 21.7 Å². The Bertz CT molecular complexity index is 756. The van der Waals surface area contributed by atoms with Gasteiger partial charge in [0.2, 0.25) is 5.91 Å². The number of hydrogen-bond acceptors (Lipinski definition) is 6. The van der Waals surface area contributed by atoms with Crippen molar-refractivity contribution in [2.75, 3.05) is 44.2 Å². The molecule has 2 saturated heterocycles. The minimum absolute atomic E-state index is 0.0945. The SMILES string of the molecule is CC[NH+]1CCN(C(=O)[C@@H](C)Sc2nnc([C@@H]3CCS(=O)(=O)C3)n2C)CC1. The van der Waals surface area contributed by atoms with Crippen LogP contribution in [0.4, 0.5) is 0 Å². The fourth-order valence-corrected chi connectivity index (χ4v) is 6.29. The van der Waals surface area contributed by atoms with E-state index in [-0.39, 0.29) is 28.6 Å². The van der Waals surface area contributed by atoms with Crippen molar-refractivity contribution in [1.29, 1.82) is 0 Å². The van der Waals surface area contributed by atoms with Crippen LogP contribution in [0, 0.1) is 0 Å². The molecule has 2 atom stereocenters. The van der Waals surface area contributed by atoms with E-state index in [0.717, 1.165) is 32.7 Å². The Kier molecular flexibility index (Phi) is 5.93. The minimum Gasteiger partial charge on any atom is -0.332 e. The molecule has 0 aromatic carbocycles. The normalized spacial score (nSPS) is 24.7. The molecule has 8 nitrogen and oxygen atoms in total. The lowest BCUT2D eigenvalue weighted by Crippen LogP contribution is -3.14. The van der Waals surface area contributed by atoms with Crippen LogP contribution in [0.2, 0.25) is 0 Å². The van der Waals surface area contributed by atoms with E-state index in [9.17, 15) is 13.2 Å². The Morgan fingerprint density at radius 3 is 2.62 bits per heavy atom. The molecule has 1 aromatic heterocycles. The van der Waals surface area contributed by atoms with Gasteiger partial charge in [-0.3, -0.25) is 4.79 Å². The molecular weight excluding hydrogens is 374 g/mol. The van der Waals surface area contributed by atoms with Gasteiger partial charge in [0.05, 0.1) is 49.5 Å². The highest BCUT2D eigenvalue weighted by atomic mass is 32.2. The highest BCUT2D eigenvalue weighted by Gasteiger charge is 2.33. The lowest BCUT2D eigenvalue weighted by atomic mass is 10.1. The van der Waals surface area contributed by atoms with Crippen LogP contribution in [0.5, 0.6) is 0 Å². The Labute approximate surface area is 159 Å². The van der Waals surface area contributed by atoms with E-state index < -0.39 is 9.84 Å². The molecule has 3 rings (SSSR count). The summed E-state index contributed by atoms with van der Waals surface area (Å²) < 4.78 is 25.3. The monoisotopic (exact) mass is 402 g/mol. The lowest BCUT2D eigenvalue weighted by Gasteiger charge is -2.32. The van der Waals surface area contributed by atoms with E-state index in [1.165, 1.54) is 11.8 Å². The van der Waals surface area contributed by atoms with Crippen LogP contribution in [-0.4, -0.2) is 83.5 Å². The van der Waals surface area contributed by atoms with Crippen LogP contribution in [0.1, 0.15) is 32.0 Å². The molecule has 26 heavy (non-hydrogen) atoms. The maximum Gasteiger partial charge on any atom is 0.236 e. The molecule has 10 heteroatoms. The highest BCUT2D eigenvalue weighted by Crippen LogP contribution is 2.30. The van der Waals surface area contributed by atoms with Crippen LogP contribution in [0.15, 0.2) is 5.16 Å². The van der Waals surface area contributed by atoms with Crippen molar-refractivity contribution in [2.45, 2.75) is 36.6 Å². The van der Waals surface area contributed by atoms with Crippen molar-refractivity contribution >= 4 is 27.5 Å². The maximum atomic E-state index is 12.7. The van der Waals surface area contributed by atoms with E-state index in [1.54, 1.807) is 4.90 Å². The zero-order valence-corrected chi connectivity index (χ0v) is 17.3. The first-order valence-electron chi connectivity index (χ1n) is 9.19. The van der Waals surface area contributed by atoms with Crippen LogP contribution < -0.4 is 4.90 Å². The van der Waals surface area contributed by atoms with Crippen molar-refractivity contribution < 1.29 is 18.1 Å². The van der Waals surface area contributed by atoms with E-state index in [4.69, 9.17) is 0 Å². The molecule has 0 radical (unpaired) electrons. The number of nitrogens with one attached hydrogen (secondary N) is 1. The predicted octanol–water partition coefficient (Wildman–Crippen LogP) is -1.06. The van der Waals surface area contributed by atoms with Gasteiger partial charge in [-0.05, 0) is 20.3 Å². The van der Waals surface area contributed by atoms with E-state index in [2.05, 4.69) is 17.1 Å². The summed E-state index contributed by atoms with van der Waals surface area (Å²) in [5.41, 5.74) is 0. The minimum atomic E-state index is -2.96. The predicted molar refractivity (Wildman–Crippen MR) is 100 cm³/mol. The first-order valence-corrected chi connectivity index (χ1v) is 11.9. The lowest BCUT2D eigenvalue weighted by molar-refractivity contribution is -0.902. The van der Waals surface area contributed by atoms with Gasteiger partial charge in [-0.15, -0.1) is 10.2 Å². The number of carbonyl (C=O) groups is 1. The number of aromatic nitrogens is 3. The molecule has 146 valence electrons. The van der Waals surface area contributed by atoms with Gasteiger partial charge in [0.15, 0.2) is 15.0 Å². The number of amides is 1. The maximum absolute atomic E-state index is 12.7. The molecular formula is C16H28N5O3S2+. The average molecular weight is 403 g/mol. The summed E-state index contributed by atoms with van der Waals surface area (Å²) >= 11 is 1.40. The summed E-state index contributed by atoms with van der Waals surface area (Å²) in [6.07, 6.45) is 0.595. The number of rotatable bonds is 5. The van der Waals surface area contributed by atoms with Crippen molar-refractivity contribution in [3.8, 4) is 0 Å². The number of quaternary nitrogens is 1.